The highest BCUT2D eigenvalue weighted by molar-refractivity contribution is 6.30. The predicted octanol–water partition coefficient (Wildman–Crippen LogP) is 4.48. The molecule has 1 aliphatic heterocycles. The SMILES string of the molecule is COc1ccc(C(=O)N2CCN(c3cccc(Cl)c3)CC2)cc1COCC(C)C. The van der Waals surface area contributed by atoms with Gasteiger partial charge in [0.1, 0.15) is 5.75 Å². The third-order valence-corrected chi connectivity index (χ3v) is 5.21. The van der Waals surface area contributed by atoms with Gasteiger partial charge in [0.05, 0.1) is 13.7 Å². The first-order valence-corrected chi connectivity index (χ1v) is 10.4. The van der Waals surface area contributed by atoms with Crippen LogP contribution in [0, 0.1) is 5.92 Å². The molecule has 0 saturated carbocycles. The van der Waals surface area contributed by atoms with Crippen molar-refractivity contribution in [3.05, 3.63) is 58.6 Å². The van der Waals surface area contributed by atoms with Crippen molar-refractivity contribution in [2.24, 2.45) is 5.92 Å². The molecule has 1 aliphatic rings. The van der Waals surface area contributed by atoms with E-state index in [0.29, 0.717) is 37.8 Å². The summed E-state index contributed by atoms with van der Waals surface area (Å²) in [6, 6.07) is 13.4. The number of rotatable bonds is 7. The summed E-state index contributed by atoms with van der Waals surface area (Å²) in [5.74, 6) is 1.25. The van der Waals surface area contributed by atoms with Crippen LogP contribution in [-0.4, -0.2) is 50.7 Å². The Morgan fingerprint density at radius 1 is 1.10 bits per heavy atom. The van der Waals surface area contributed by atoms with Crippen LogP contribution in [0.4, 0.5) is 5.69 Å². The van der Waals surface area contributed by atoms with Crippen LogP contribution in [0.1, 0.15) is 29.8 Å². The van der Waals surface area contributed by atoms with Crippen LogP contribution in [0.2, 0.25) is 5.02 Å². The van der Waals surface area contributed by atoms with E-state index >= 15 is 0 Å². The maximum atomic E-state index is 13.0. The van der Waals surface area contributed by atoms with Gasteiger partial charge in [-0.3, -0.25) is 4.79 Å². The molecule has 0 N–H and O–H groups in total. The number of ether oxygens (including phenoxy) is 2. The van der Waals surface area contributed by atoms with E-state index in [4.69, 9.17) is 21.1 Å². The first-order valence-electron chi connectivity index (χ1n) is 10.0. The Balaban J connectivity index is 1.64. The molecule has 0 aliphatic carbocycles. The number of methoxy groups -OCH3 is 1. The number of hydrogen-bond donors (Lipinski definition) is 0. The molecule has 6 heteroatoms. The smallest absolute Gasteiger partial charge is 0.253 e. The summed E-state index contributed by atoms with van der Waals surface area (Å²) < 4.78 is 11.2. The van der Waals surface area contributed by atoms with E-state index in [1.807, 2.05) is 41.3 Å². The molecule has 156 valence electrons. The first kappa shape index (κ1) is 21.5. The quantitative estimate of drug-likeness (QED) is 0.667. The molecule has 1 fully saturated rings. The number of halogens is 1. The molecule has 1 heterocycles. The number of carbonyl (C=O) groups is 1. The van der Waals surface area contributed by atoms with Gasteiger partial charge in [-0.05, 0) is 42.3 Å². The summed E-state index contributed by atoms with van der Waals surface area (Å²) in [4.78, 5) is 17.2. The zero-order chi connectivity index (χ0) is 20.8. The third kappa shape index (κ3) is 5.64. The average molecular weight is 417 g/mol. The predicted molar refractivity (Wildman–Crippen MR) is 117 cm³/mol. The van der Waals surface area contributed by atoms with E-state index in [1.54, 1.807) is 7.11 Å². The molecule has 1 saturated heterocycles. The maximum Gasteiger partial charge on any atom is 0.253 e. The second-order valence-electron chi connectivity index (χ2n) is 7.69. The topological polar surface area (TPSA) is 42.0 Å². The van der Waals surface area contributed by atoms with Crippen LogP contribution < -0.4 is 9.64 Å². The van der Waals surface area contributed by atoms with Gasteiger partial charge in [0, 0.05) is 54.6 Å². The molecule has 0 atom stereocenters. The maximum absolute atomic E-state index is 13.0. The molecule has 3 rings (SSSR count). The molecule has 1 amide bonds. The van der Waals surface area contributed by atoms with Gasteiger partial charge in [-0.15, -0.1) is 0 Å². The van der Waals surface area contributed by atoms with E-state index in [-0.39, 0.29) is 5.91 Å². The van der Waals surface area contributed by atoms with Crippen LogP contribution in [0.15, 0.2) is 42.5 Å². The molecular weight excluding hydrogens is 388 g/mol. The summed E-state index contributed by atoms with van der Waals surface area (Å²) in [7, 11) is 1.64. The minimum absolute atomic E-state index is 0.0449. The number of amides is 1. The van der Waals surface area contributed by atoms with Crippen molar-refractivity contribution in [2.75, 3.05) is 44.8 Å². The van der Waals surface area contributed by atoms with Crippen LogP contribution in [-0.2, 0) is 11.3 Å². The summed E-state index contributed by atoms with van der Waals surface area (Å²) in [5, 5.41) is 0.728. The zero-order valence-corrected chi connectivity index (χ0v) is 18.1. The van der Waals surface area contributed by atoms with Crippen molar-refractivity contribution in [1.29, 1.82) is 0 Å². The van der Waals surface area contributed by atoms with Crippen molar-refractivity contribution >= 4 is 23.2 Å². The number of carbonyl (C=O) groups excluding carboxylic acids is 1. The van der Waals surface area contributed by atoms with Crippen molar-refractivity contribution in [3.63, 3.8) is 0 Å². The van der Waals surface area contributed by atoms with Crippen LogP contribution in [0.25, 0.3) is 0 Å². The molecular formula is C23H29ClN2O3. The van der Waals surface area contributed by atoms with Crippen LogP contribution in [0.5, 0.6) is 5.75 Å². The lowest BCUT2D eigenvalue weighted by molar-refractivity contribution is 0.0745. The van der Waals surface area contributed by atoms with Crippen molar-refractivity contribution in [2.45, 2.75) is 20.5 Å². The Hall–Kier alpha value is -2.24. The minimum atomic E-state index is 0.0449. The fraction of sp³-hybridized carbons (Fsp3) is 0.435. The van der Waals surface area contributed by atoms with Crippen molar-refractivity contribution in [3.8, 4) is 5.75 Å². The second-order valence-corrected chi connectivity index (χ2v) is 8.13. The fourth-order valence-electron chi connectivity index (χ4n) is 3.45. The van der Waals surface area contributed by atoms with Gasteiger partial charge in [-0.1, -0.05) is 31.5 Å². The van der Waals surface area contributed by atoms with E-state index in [0.717, 1.165) is 35.1 Å². The number of benzene rings is 2. The Labute approximate surface area is 178 Å². The lowest BCUT2D eigenvalue weighted by Crippen LogP contribution is -2.48. The molecule has 2 aromatic carbocycles. The number of anilines is 1. The fourth-order valence-corrected chi connectivity index (χ4v) is 3.64. The standard InChI is InChI=1S/C23H29ClN2O3/c1-17(2)15-29-16-19-13-18(7-8-22(19)28-3)23(27)26-11-9-25(10-12-26)21-6-4-5-20(24)14-21/h4-8,13-14,17H,9-12,15-16H2,1-3H3. The Bertz CT molecular complexity index is 833. The molecule has 0 bridgehead atoms. The van der Waals surface area contributed by atoms with E-state index in [1.165, 1.54) is 0 Å². The van der Waals surface area contributed by atoms with Gasteiger partial charge in [-0.2, -0.15) is 0 Å². The van der Waals surface area contributed by atoms with Gasteiger partial charge in [0.2, 0.25) is 0 Å². The molecule has 2 aromatic rings. The molecule has 0 spiro atoms. The number of nitrogens with zero attached hydrogens (tertiary/aromatic N) is 2. The Morgan fingerprint density at radius 2 is 1.86 bits per heavy atom. The zero-order valence-electron chi connectivity index (χ0n) is 17.4. The normalized spacial score (nSPS) is 14.4. The highest BCUT2D eigenvalue weighted by Gasteiger charge is 2.23. The lowest BCUT2D eigenvalue weighted by Gasteiger charge is -2.36. The molecule has 0 radical (unpaired) electrons. The van der Waals surface area contributed by atoms with Gasteiger partial charge >= 0.3 is 0 Å². The van der Waals surface area contributed by atoms with Crippen LogP contribution in [0.3, 0.4) is 0 Å². The van der Waals surface area contributed by atoms with Gasteiger partial charge in [-0.25, -0.2) is 0 Å². The van der Waals surface area contributed by atoms with Gasteiger partial charge < -0.3 is 19.3 Å². The summed E-state index contributed by atoms with van der Waals surface area (Å²) in [5.41, 5.74) is 2.67. The van der Waals surface area contributed by atoms with Gasteiger partial charge in [0.25, 0.3) is 5.91 Å². The van der Waals surface area contributed by atoms with Gasteiger partial charge in [0.15, 0.2) is 0 Å². The van der Waals surface area contributed by atoms with E-state index in [2.05, 4.69) is 24.8 Å². The second kappa shape index (κ2) is 9.99. The Kier molecular flexibility index (Phi) is 7.40. The highest BCUT2D eigenvalue weighted by Crippen LogP contribution is 2.24. The van der Waals surface area contributed by atoms with E-state index < -0.39 is 0 Å². The number of hydrogen-bond acceptors (Lipinski definition) is 4. The molecule has 0 unspecified atom stereocenters. The van der Waals surface area contributed by atoms with Crippen molar-refractivity contribution in [1.82, 2.24) is 4.90 Å². The largest absolute Gasteiger partial charge is 0.496 e. The summed E-state index contributed by atoms with van der Waals surface area (Å²) in [6.07, 6.45) is 0. The third-order valence-electron chi connectivity index (χ3n) is 4.98. The van der Waals surface area contributed by atoms with Crippen LogP contribution >= 0.6 is 11.6 Å². The first-order chi connectivity index (χ1) is 14.0. The monoisotopic (exact) mass is 416 g/mol. The highest BCUT2D eigenvalue weighted by atomic mass is 35.5. The van der Waals surface area contributed by atoms with Crippen molar-refractivity contribution < 1.29 is 14.3 Å². The molecule has 29 heavy (non-hydrogen) atoms. The summed E-state index contributed by atoms with van der Waals surface area (Å²) >= 11 is 6.10. The number of piperazine rings is 1. The average Bonchev–Trinajstić information content (AvgIpc) is 2.73. The minimum Gasteiger partial charge on any atom is -0.496 e. The molecule has 5 nitrogen and oxygen atoms in total. The summed E-state index contributed by atoms with van der Waals surface area (Å²) in [6.45, 7) is 8.25. The Morgan fingerprint density at radius 3 is 2.52 bits per heavy atom. The molecule has 0 aromatic heterocycles. The van der Waals surface area contributed by atoms with E-state index in [9.17, 15) is 4.79 Å². The lowest BCUT2D eigenvalue weighted by atomic mass is 10.1.